The van der Waals surface area contributed by atoms with Crippen LogP contribution in [0.2, 0.25) is 0 Å². The summed E-state index contributed by atoms with van der Waals surface area (Å²) in [5.41, 5.74) is 3.01. The monoisotopic (exact) mass is 222 g/mol. The second-order valence-corrected chi connectivity index (χ2v) is 4.20. The molecule has 0 aliphatic rings. The second kappa shape index (κ2) is 3.86. The molecule has 0 aromatic carbocycles. The average molecular weight is 222 g/mol. The molecule has 2 heterocycles. The van der Waals surface area contributed by atoms with Crippen LogP contribution in [0.25, 0.3) is 11.1 Å². The lowest BCUT2D eigenvalue weighted by molar-refractivity contribution is 0.111. The zero-order chi connectivity index (χ0) is 9.97. The zero-order valence-corrected chi connectivity index (χ0v) is 8.73. The maximum Gasteiger partial charge on any atom is 0.151 e. The summed E-state index contributed by atoms with van der Waals surface area (Å²) in [6.07, 6.45) is 1.64. The van der Waals surface area contributed by atoms with E-state index in [1.165, 1.54) is 22.7 Å². The Hall–Kier alpha value is -1.26. The highest BCUT2D eigenvalue weighted by Gasteiger charge is 2.10. The Labute approximate surface area is 88.8 Å². The minimum Gasteiger partial charge on any atom is -0.298 e. The highest BCUT2D eigenvalue weighted by molar-refractivity contribution is 7.09. The minimum absolute atomic E-state index is 0.650. The smallest absolute Gasteiger partial charge is 0.151 e. The molecule has 0 fully saturated rings. The first-order chi connectivity index (χ1) is 6.86. The summed E-state index contributed by atoms with van der Waals surface area (Å²) < 4.78 is 0. The fourth-order valence-corrected chi connectivity index (χ4v) is 2.83. The molecule has 14 heavy (non-hydrogen) atoms. The fourth-order valence-electron chi connectivity index (χ4n) is 1.23. The second-order valence-electron chi connectivity index (χ2n) is 2.72. The van der Waals surface area contributed by atoms with Crippen molar-refractivity contribution in [2.24, 2.45) is 0 Å². The Morgan fingerprint density at radius 2 is 1.21 bits per heavy atom. The van der Waals surface area contributed by atoms with Gasteiger partial charge in [-0.05, 0) is 10.8 Å². The lowest BCUT2D eigenvalue weighted by atomic mass is 10.1. The Bertz CT molecular complexity index is 424. The molecule has 0 unspecified atom stereocenters. The number of aldehydes is 2. The van der Waals surface area contributed by atoms with Crippen molar-refractivity contribution in [1.29, 1.82) is 0 Å². The van der Waals surface area contributed by atoms with Crippen LogP contribution in [0.15, 0.2) is 21.5 Å². The van der Waals surface area contributed by atoms with Gasteiger partial charge in [0.05, 0.1) is 0 Å². The van der Waals surface area contributed by atoms with E-state index < -0.39 is 0 Å². The maximum atomic E-state index is 10.7. The minimum atomic E-state index is 0.650. The molecule has 0 radical (unpaired) electrons. The Morgan fingerprint density at radius 3 is 1.57 bits per heavy atom. The predicted octanol–water partition coefficient (Wildman–Crippen LogP) is 3.10. The summed E-state index contributed by atoms with van der Waals surface area (Å²) in [5.74, 6) is 0. The van der Waals surface area contributed by atoms with Gasteiger partial charge in [0.2, 0.25) is 0 Å². The van der Waals surface area contributed by atoms with Crippen LogP contribution in [-0.2, 0) is 0 Å². The Balaban J connectivity index is 2.59. The van der Waals surface area contributed by atoms with E-state index in [-0.39, 0.29) is 0 Å². The molecule has 0 N–H and O–H groups in total. The molecule has 0 saturated carbocycles. The van der Waals surface area contributed by atoms with E-state index in [0.717, 1.165) is 23.7 Å². The molecule has 70 valence electrons. The Morgan fingerprint density at radius 1 is 0.786 bits per heavy atom. The Kier molecular flexibility index (Phi) is 2.56. The summed E-state index contributed by atoms with van der Waals surface area (Å²) in [5, 5.41) is 7.35. The number of hydrogen-bond acceptors (Lipinski definition) is 4. The van der Waals surface area contributed by atoms with E-state index in [2.05, 4.69) is 0 Å². The fraction of sp³-hybridized carbons (Fsp3) is 0. The molecule has 2 nitrogen and oxygen atoms in total. The summed E-state index contributed by atoms with van der Waals surface area (Å²) in [7, 11) is 0. The quantitative estimate of drug-likeness (QED) is 0.748. The first-order valence-electron chi connectivity index (χ1n) is 3.90. The summed E-state index contributed by atoms with van der Waals surface area (Å²) in [4.78, 5) is 21.4. The van der Waals surface area contributed by atoms with Crippen LogP contribution < -0.4 is 0 Å². The van der Waals surface area contributed by atoms with Crippen LogP contribution in [0.3, 0.4) is 0 Å². The molecule has 0 saturated heterocycles. The molecule has 0 atom stereocenters. The van der Waals surface area contributed by atoms with Gasteiger partial charge in [-0.2, -0.15) is 22.7 Å². The molecule has 4 heteroatoms. The molecule has 0 aliphatic heterocycles. The van der Waals surface area contributed by atoms with E-state index in [1.54, 1.807) is 10.8 Å². The SMILES string of the molecule is O=Cc1cscc1-c1cscc1C=O. The molecule has 0 amide bonds. The van der Waals surface area contributed by atoms with E-state index in [4.69, 9.17) is 0 Å². The molecular formula is C10H6O2S2. The normalized spacial score (nSPS) is 10.0. The molecular weight excluding hydrogens is 216 g/mol. The van der Waals surface area contributed by atoms with Crippen LogP contribution in [0.5, 0.6) is 0 Å². The average Bonchev–Trinajstić information content (AvgIpc) is 2.85. The first kappa shape index (κ1) is 9.30. The van der Waals surface area contributed by atoms with Crippen LogP contribution in [0.4, 0.5) is 0 Å². The van der Waals surface area contributed by atoms with Gasteiger partial charge < -0.3 is 0 Å². The molecule has 2 aromatic rings. The zero-order valence-electron chi connectivity index (χ0n) is 7.10. The number of thiophene rings is 2. The van der Waals surface area contributed by atoms with Crippen molar-refractivity contribution < 1.29 is 9.59 Å². The van der Waals surface area contributed by atoms with Gasteiger partial charge in [-0.15, -0.1) is 0 Å². The third kappa shape index (κ3) is 1.42. The van der Waals surface area contributed by atoms with E-state index in [0.29, 0.717) is 11.1 Å². The van der Waals surface area contributed by atoms with Gasteiger partial charge in [-0.1, -0.05) is 0 Å². The van der Waals surface area contributed by atoms with Gasteiger partial charge in [0.1, 0.15) is 0 Å². The molecule has 0 aliphatic carbocycles. The van der Waals surface area contributed by atoms with Crippen LogP contribution in [-0.4, -0.2) is 12.6 Å². The van der Waals surface area contributed by atoms with E-state index >= 15 is 0 Å². The summed E-state index contributed by atoms with van der Waals surface area (Å²) in [6.45, 7) is 0. The van der Waals surface area contributed by atoms with Gasteiger partial charge in [0, 0.05) is 33.0 Å². The van der Waals surface area contributed by atoms with Crippen molar-refractivity contribution in [1.82, 2.24) is 0 Å². The van der Waals surface area contributed by atoms with E-state index in [1.807, 2.05) is 10.8 Å². The van der Waals surface area contributed by atoms with Crippen molar-refractivity contribution in [3.63, 3.8) is 0 Å². The number of hydrogen-bond donors (Lipinski definition) is 0. The standard InChI is InChI=1S/C10H6O2S2/c11-1-7-3-13-5-9(7)10-6-14-4-8(10)2-12/h1-6H. The van der Waals surface area contributed by atoms with Crippen molar-refractivity contribution in [2.75, 3.05) is 0 Å². The predicted molar refractivity (Wildman–Crippen MR) is 58.4 cm³/mol. The van der Waals surface area contributed by atoms with Crippen LogP contribution in [0.1, 0.15) is 20.7 Å². The van der Waals surface area contributed by atoms with Gasteiger partial charge in [-0.3, -0.25) is 9.59 Å². The van der Waals surface area contributed by atoms with Crippen LogP contribution in [0, 0.1) is 0 Å². The van der Waals surface area contributed by atoms with Crippen molar-refractivity contribution >= 4 is 35.2 Å². The number of carbonyl (C=O) groups excluding carboxylic acids is 2. The lowest BCUT2D eigenvalue weighted by Gasteiger charge is -1.95. The van der Waals surface area contributed by atoms with Gasteiger partial charge in [-0.25, -0.2) is 0 Å². The third-order valence-corrected chi connectivity index (χ3v) is 3.45. The van der Waals surface area contributed by atoms with Gasteiger partial charge >= 0.3 is 0 Å². The topological polar surface area (TPSA) is 34.1 Å². The van der Waals surface area contributed by atoms with Crippen molar-refractivity contribution in [3.8, 4) is 11.1 Å². The van der Waals surface area contributed by atoms with Crippen molar-refractivity contribution in [2.45, 2.75) is 0 Å². The van der Waals surface area contributed by atoms with Gasteiger partial charge in [0.15, 0.2) is 12.6 Å². The molecule has 2 aromatic heterocycles. The molecule has 0 spiro atoms. The van der Waals surface area contributed by atoms with Crippen LogP contribution >= 0.6 is 22.7 Å². The highest BCUT2D eigenvalue weighted by Crippen LogP contribution is 2.30. The summed E-state index contributed by atoms with van der Waals surface area (Å²) in [6, 6.07) is 0. The maximum absolute atomic E-state index is 10.7. The van der Waals surface area contributed by atoms with E-state index in [9.17, 15) is 9.59 Å². The highest BCUT2D eigenvalue weighted by atomic mass is 32.1. The number of rotatable bonds is 3. The lowest BCUT2D eigenvalue weighted by Crippen LogP contribution is -1.83. The third-order valence-electron chi connectivity index (χ3n) is 1.93. The first-order valence-corrected chi connectivity index (χ1v) is 5.78. The number of carbonyl (C=O) groups is 2. The largest absolute Gasteiger partial charge is 0.298 e. The van der Waals surface area contributed by atoms with Gasteiger partial charge in [0.25, 0.3) is 0 Å². The van der Waals surface area contributed by atoms with Crippen molar-refractivity contribution in [3.05, 3.63) is 32.6 Å². The summed E-state index contributed by atoms with van der Waals surface area (Å²) >= 11 is 2.93. The molecule has 2 rings (SSSR count). The molecule has 0 bridgehead atoms.